The molecule has 7 heteroatoms. The van der Waals surface area contributed by atoms with Crippen molar-refractivity contribution in [2.75, 3.05) is 13.2 Å². The zero-order chi connectivity index (χ0) is 20.1. The van der Waals surface area contributed by atoms with E-state index in [1.165, 1.54) is 11.1 Å². The number of aryl methyl sites for hydroxylation is 2. The molecule has 0 spiro atoms. The number of amides is 3. The van der Waals surface area contributed by atoms with Gasteiger partial charge in [0.2, 0.25) is 0 Å². The van der Waals surface area contributed by atoms with E-state index in [1.54, 1.807) is 6.26 Å². The number of ether oxygens (including phenoxy) is 1. The Morgan fingerprint density at radius 1 is 1.18 bits per heavy atom. The number of carbonyl (C=O) groups is 3. The van der Waals surface area contributed by atoms with Gasteiger partial charge in [-0.2, -0.15) is 0 Å². The Balaban J connectivity index is 1.46. The molecule has 0 unspecified atom stereocenters. The lowest BCUT2D eigenvalue weighted by atomic mass is 10.0. The fourth-order valence-corrected chi connectivity index (χ4v) is 3.32. The lowest BCUT2D eigenvalue weighted by Gasteiger charge is -2.08. The number of hydrogen-bond acceptors (Lipinski definition) is 5. The summed E-state index contributed by atoms with van der Waals surface area (Å²) in [6, 6.07) is 3.53. The van der Waals surface area contributed by atoms with Crippen LogP contribution >= 0.6 is 0 Å². The topological polar surface area (TPSA) is 97.6 Å². The third kappa shape index (κ3) is 5.12. The lowest BCUT2D eigenvalue weighted by molar-refractivity contribution is -0.147. The molecule has 150 valence electrons. The molecule has 2 N–H and O–H groups in total. The highest BCUT2D eigenvalue weighted by Gasteiger charge is 2.18. The second-order valence-corrected chi connectivity index (χ2v) is 7.56. The minimum absolute atomic E-state index is 0.0135. The van der Waals surface area contributed by atoms with Crippen molar-refractivity contribution in [2.45, 2.75) is 46.0 Å². The van der Waals surface area contributed by atoms with Gasteiger partial charge >= 0.3 is 12.0 Å². The molecule has 7 nitrogen and oxygen atoms in total. The number of nitrogens with one attached hydrogen (secondary N) is 2. The number of benzene rings is 1. The Hall–Kier alpha value is -2.83. The number of urea groups is 1. The first-order valence-electron chi connectivity index (χ1n) is 9.67. The summed E-state index contributed by atoms with van der Waals surface area (Å²) in [5.41, 5.74) is 4.10. The summed E-state index contributed by atoms with van der Waals surface area (Å²) in [7, 11) is 0. The van der Waals surface area contributed by atoms with Gasteiger partial charge in [-0.25, -0.2) is 4.79 Å². The molecule has 3 amide bonds. The zero-order valence-electron chi connectivity index (χ0n) is 16.3. The quantitative estimate of drug-likeness (QED) is 0.713. The molecule has 1 aromatic heterocycles. The number of hydrogen-bond donors (Lipinski definition) is 2. The third-order valence-electron chi connectivity index (χ3n) is 4.83. The van der Waals surface area contributed by atoms with Gasteiger partial charge in [-0.15, -0.1) is 0 Å². The average Bonchev–Trinajstić information content (AvgIpc) is 3.24. The largest absolute Gasteiger partial charge is 0.464 e. The maximum Gasteiger partial charge on any atom is 0.321 e. The molecule has 0 saturated heterocycles. The summed E-state index contributed by atoms with van der Waals surface area (Å²) in [5.74, 6) is -0.749. The molecule has 0 saturated carbocycles. The monoisotopic (exact) mass is 386 g/mol. The fraction of sp³-hybridized carbons (Fsp3) is 0.476. The number of furan rings is 1. The van der Waals surface area contributed by atoms with E-state index in [-0.39, 0.29) is 6.42 Å². The van der Waals surface area contributed by atoms with Crippen LogP contribution in [0.1, 0.15) is 43.4 Å². The highest BCUT2D eigenvalue weighted by molar-refractivity contribution is 5.95. The van der Waals surface area contributed by atoms with Gasteiger partial charge in [0.05, 0.1) is 12.7 Å². The van der Waals surface area contributed by atoms with Gasteiger partial charge in [-0.3, -0.25) is 14.9 Å². The lowest BCUT2D eigenvalue weighted by Crippen LogP contribution is -2.42. The van der Waals surface area contributed by atoms with E-state index in [2.05, 4.69) is 16.7 Å². The molecule has 1 aliphatic rings. The highest BCUT2D eigenvalue weighted by Crippen LogP contribution is 2.30. The predicted molar refractivity (Wildman–Crippen MR) is 104 cm³/mol. The van der Waals surface area contributed by atoms with Crippen LogP contribution in [0.3, 0.4) is 0 Å². The van der Waals surface area contributed by atoms with E-state index in [0.29, 0.717) is 12.5 Å². The standard InChI is InChI=1S/C21H26N2O5/c1-13(2)6-7-22-21(26)23-19(24)12-28-20(25)10-16-11-27-18-9-15-5-3-4-14(15)8-17(16)18/h8-9,11,13H,3-7,10,12H2,1-2H3,(H2,22,23,24,26). The summed E-state index contributed by atoms with van der Waals surface area (Å²) < 4.78 is 10.6. The highest BCUT2D eigenvalue weighted by atomic mass is 16.5. The van der Waals surface area contributed by atoms with Crippen molar-refractivity contribution in [3.8, 4) is 0 Å². The minimum atomic E-state index is -0.662. The predicted octanol–water partition coefficient (Wildman–Crippen LogP) is 2.88. The Morgan fingerprint density at radius 3 is 2.68 bits per heavy atom. The van der Waals surface area contributed by atoms with Gasteiger partial charge in [0.1, 0.15) is 5.58 Å². The maximum atomic E-state index is 12.1. The van der Waals surface area contributed by atoms with Crippen molar-refractivity contribution in [1.82, 2.24) is 10.6 Å². The van der Waals surface area contributed by atoms with Crippen LogP contribution in [0.2, 0.25) is 0 Å². The minimum Gasteiger partial charge on any atom is -0.464 e. The second kappa shape index (κ2) is 8.91. The van der Waals surface area contributed by atoms with E-state index in [1.807, 2.05) is 19.9 Å². The van der Waals surface area contributed by atoms with Crippen LogP contribution in [0.4, 0.5) is 4.79 Å². The van der Waals surface area contributed by atoms with E-state index in [4.69, 9.17) is 9.15 Å². The number of imide groups is 1. The SMILES string of the molecule is CC(C)CCNC(=O)NC(=O)COC(=O)Cc1coc2cc3c(cc12)CCC3. The van der Waals surface area contributed by atoms with Crippen molar-refractivity contribution in [3.05, 3.63) is 35.1 Å². The third-order valence-corrected chi connectivity index (χ3v) is 4.83. The van der Waals surface area contributed by atoms with Crippen molar-refractivity contribution in [3.63, 3.8) is 0 Å². The first-order chi connectivity index (χ1) is 13.4. The van der Waals surface area contributed by atoms with Crippen LogP contribution in [0, 0.1) is 5.92 Å². The van der Waals surface area contributed by atoms with Gasteiger partial charge in [0.15, 0.2) is 6.61 Å². The van der Waals surface area contributed by atoms with E-state index in [9.17, 15) is 14.4 Å². The number of carbonyl (C=O) groups excluding carboxylic acids is 3. The molecule has 28 heavy (non-hydrogen) atoms. The Labute approximate surface area is 163 Å². The van der Waals surface area contributed by atoms with Crippen molar-refractivity contribution >= 4 is 28.9 Å². The summed E-state index contributed by atoms with van der Waals surface area (Å²) >= 11 is 0. The normalized spacial score (nSPS) is 12.8. The zero-order valence-corrected chi connectivity index (χ0v) is 16.3. The van der Waals surface area contributed by atoms with Crippen LogP contribution in [0.5, 0.6) is 0 Å². The molecule has 1 aliphatic carbocycles. The Bertz CT molecular complexity index is 884. The van der Waals surface area contributed by atoms with E-state index >= 15 is 0 Å². The molecule has 2 aromatic rings. The molecular formula is C21H26N2O5. The first-order valence-corrected chi connectivity index (χ1v) is 9.67. The molecule has 0 fully saturated rings. The van der Waals surface area contributed by atoms with E-state index < -0.39 is 24.5 Å². The average molecular weight is 386 g/mol. The molecule has 1 aromatic carbocycles. The maximum absolute atomic E-state index is 12.1. The van der Waals surface area contributed by atoms with Crippen LogP contribution in [-0.4, -0.2) is 31.1 Å². The van der Waals surface area contributed by atoms with Crippen LogP contribution in [0.15, 0.2) is 22.8 Å². The van der Waals surface area contributed by atoms with Gasteiger partial charge in [0, 0.05) is 17.5 Å². The number of rotatable bonds is 7. The van der Waals surface area contributed by atoms with Crippen LogP contribution in [-0.2, 0) is 33.6 Å². The van der Waals surface area contributed by atoms with Crippen LogP contribution in [0.25, 0.3) is 11.0 Å². The summed E-state index contributed by atoms with van der Waals surface area (Å²) in [6.45, 7) is 4.07. The van der Waals surface area contributed by atoms with Gasteiger partial charge in [-0.05, 0) is 54.9 Å². The van der Waals surface area contributed by atoms with Gasteiger partial charge in [0.25, 0.3) is 5.91 Å². The van der Waals surface area contributed by atoms with Gasteiger partial charge < -0.3 is 14.5 Å². The van der Waals surface area contributed by atoms with Crippen LogP contribution < -0.4 is 10.6 Å². The molecule has 0 atom stereocenters. The number of fused-ring (bicyclic) bond motifs is 2. The molecule has 1 heterocycles. The fourth-order valence-electron chi connectivity index (χ4n) is 3.32. The van der Waals surface area contributed by atoms with Crippen molar-refractivity contribution in [2.24, 2.45) is 5.92 Å². The Kier molecular flexibility index (Phi) is 6.34. The van der Waals surface area contributed by atoms with Crippen molar-refractivity contribution in [1.29, 1.82) is 0 Å². The molecular weight excluding hydrogens is 360 g/mol. The molecule has 0 aliphatic heterocycles. The van der Waals surface area contributed by atoms with Gasteiger partial charge in [-0.1, -0.05) is 13.8 Å². The molecule has 0 bridgehead atoms. The first kappa shape index (κ1) is 19.9. The summed E-state index contributed by atoms with van der Waals surface area (Å²) in [4.78, 5) is 35.4. The summed E-state index contributed by atoms with van der Waals surface area (Å²) in [5, 5.41) is 5.64. The smallest absolute Gasteiger partial charge is 0.321 e. The summed E-state index contributed by atoms with van der Waals surface area (Å²) in [6.07, 6.45) is 5.63. The number of esters is 1. The van der Waals surface area contributed by atoms with Crippen molar-refractivity contribution < 1.29 is 23.5 Å². The Morgan fingerprint density at radius 2 is 1.93 bits per heavy atom. The van der Waals surface area contributed by atoms with E-state index in [0.717, 1.165) is 42.2 Å². The second-order valence-electron chi connectivity index (χ2n) is 7.56. The molecule has 0 radical (unpaired) electrons. The molecule has 3 rings (SSSR count).